The Morgan fingerprint density at radius 1 is 1.17 bits per heavy atom. The third-order valence-electron chi connectivity index (χ3n) is 4.44. The van der Waals surface area contributed by atoms with Crippen molar-refractivity contribution in [3.05, 3.63) is 30.3 Å². The lowest BCUT2D eigenvalue weighted by molar-refractivity contribution is 0.332. The molecule has 96 valence electrons. The van der Waals surface area contributed by atoms with E-state index in [0.29, 0.717) is 0 Å². The van der Waals surface area contributed by atoms with E-state index in [1.54, 1.807) is 0 Å². The Balaban J connectivity index is 1.45. The maximum atomic E-state index is 5.33. The van der Waals surface area contributed by atoms with Crippen LogP contribution in [0.2, 0.25) is 0 Å². The first kappa shape index (κ1) is 12.0. The van der Waals surface area contributed by atoms with Gasteiger partial charge in [-0.15, -0.1) is 0 Å². The van der Waals surface area contributed by atoms with E-state index in [1.807, 2.05) is 30.3 Å². The van der Waals surface area contributed by atoms with Gasteiger partial charge in [0, 0.05) is 12.2 Å². The summed E-state index contributed by atoms with van der Waals surface area (Å²) in [5, 5.41) is 7.36. The average molecular weight is 260 g/mol. The Labute approximate surface area is 114 Å². The zero-order valence-electron chi connectivity index (χ0n) is 10.6. The van der Waals surface area contributed by atoms with E-state index in [1.165, 1.54) is 25.7 Å². The summed E-state index contributed by atoms with van der Waals surface area (Å²) in [6.07, 6.45) is 5.78. The van der Waals surface area contributed by atoms with Gasteiger partial charge >= 0.3 is 0 Å². The summed E-state index contributed by atoms with van der Waals surface area (Å²) in [4.78, 5) is 0. The number of hydrogen-bond donors (Lipinski definition) is 2. The lowest BCUT2D eigenvalue weighted by Gasteiger charge is -2.22. The molecule has 0 saturated heterocycles. The summed E-state index contributed by atoms with van der Waals surface area (Å²) in [5.74, 6) is 2.82. The molecule has 0 aliphatic heterocycles. The number of hydrogen-bond acceptors (Lipinski definition) is 1. The highest BCUT2D eigenvalue weighted by Crippen LogP contribution is 2.47. The normalized spacial score (nSPS) is 29.2. The van der Waals surface area contributed by atoms with Crippen molar-refractivity contribution in [2.75, 3.05) is 11.9 Å². The fourth-order valence-corrected chi connectivity index (χ4v) is 3.75. The maximum absolute atomic E-state index is 5.33. The molecule has 2 aliphatic rings. The van der Waals surface area contributed by atoms with Crippen LogP contribution in [0, 0.1) is 17.8 Å². The molecule has 2 nitrogen and oxygen atoms in total. The molecule has 0 heterocycles. The van der Waals surface area contributed by atoms with Gasteiger partial charge in [0.25, 0.3) is 0 Å². The van der Waals surface area contributed by atoms with Gasteiger partial charge in [-0.05, 0) is 61.4 Å². The summed E-state index contributed by atoms with van der Waals surface area (Å²) in [5.41, 5.74) is 1.06. The van der Waals surface area contributed by atoms with Crippen LogP contribution in [0.1, 0.15) is 25.7 Å². The van der Waals surface area contributed by atoms with Crippen molar-refractivity contribution in [1.82, 2.24) is 5.32 Å². The number of benzene rings is 1. The summed E-state index contributed by atoms with van der Waals surface area (Å²) in [6, 6.07) is 10.1. The molecule has 1 aromatic rings. The molecule has 18 heavy (non-hydrogen) atoms. The predicted molar refractivity (Wildman–Crippen MR) is 79.6 cm³/mol. The maximum Gasteiger partial charge on any atom is 0.170 e. The number of thiocarbonyl (C=S) groups is 1. The number of anilines is 1. The van der Waals surface area contributed by atoms with E-state index in [2.05, 4.69) is 10.6 Å². The monoisotopic (exact) mass is 260 g/mol. The van der Waals surface area contributed by atoms with Crippen molar-refractivity contribution in [3.63, 3.8) is 0 Å². The molecule has 0 radical (unpaired) electrons. The Morgan fingerprint density at radius 3 is 2.67 bits per heavy atom. The Hall–Kier alpha value is -1.09. The van der Waals surface area contributed by atoms with E-state index in [-0.39, 0.29) is 0 Å². The van der Waals surface area contributed by atoms with Crippen molar-refractivity contribution in [2.24, 2.45) is 17.8 Å². The first-order valence-corrected chi connectivity index (χ1v) is 7.32. The first-order valence-electron chi connectivity index (χ1n) is 6.91. The molecule has 2 aliphatic carbocycles. The lowest BCUT2D eigenvalue weighted by Crippen LogP contribution is -2.34. The van der Waals surface area contributed by atoms with E-state index < -0.39 is 0 Å². The van der Waals surface area contributed by atoms with Gasteiger partial charge in [-0.3, -0.25) is 0 Å². The lowest BCUT2D eigenvalue weighted by atomic mass is 9.89. The van der Waals surface area contributed by atoms with Crippen molar-refractivity contribution in [3.8, 4) is 0 Å². The van der Waals surface area contributed by atoms with E-state index in [4.69, 9.17) is 12.2 Å². The first-order chi connectivity index (χ1) is 8.81. The van der Waals surface area contributed by atoms with Gasteiger partial charge in [-0.1, -0.05) is 24.6 Å². The molecule has 3 heteroatoms. The quantitative estimate of drug-likeness (QED) is 0.814. The molecule has 0 unspecified atom stereocenters. The third kappa shape index (κ3) is 2.66. The fourth-order valence-electron chi connectivity index (χ4n) is 3.55. The van der Waals surface area contributed by atoms with Gasteiger partial charge in [0.15, 0.2) is 5.11 Å². The molecule has 0 amide bonds. The third-order valence-corrected chi connectivity index (χ3v) is 4.69. The summed E-state index contributed by atoms with van der Waals surface area (Å²) < 4.78 is 0. The fraction of sp³-hybridized carbons (Fsp3) is 0.533. The molecule has 1 aromatic carbocycles. The smallest absolute Gasteiger partial charge is 0.170 e. The van der Waals surface area contributed by atoms with Crippen molar-refractivity contribution in [1.29, 1.82) is 0 Å². The molecular formula is C15H20N2S. The minimum Gasteiger partial charge on any atom is -0.362 e. The van der Waals surface area contributed by atoms with Crippen LogP contribution in [0.3, 0.4) is 0 Å². The molecule has 2 N–H and O–H groups in total. The van der Waals surface area contributed by atoms with Gasteiger partial charge in [-0.2, -0.15) is 0 Å². The highest BCUT2D eigenvalue weighted by Gasteiger charge is 2.39. The standard InChI is InChI=1S/C15H20N2S/c18-15(17-14-4-2-1-3-5-14)16-10-13-9-11-6-7-12(13)8-11/h1-5,11-13H,6-10H2,(H2,16,17,18)/t11-,12-,13-/m1/s1. The van der Waals surface area contributed by atoms with E-state index in [0.717, 1.165) is 35.1 Å². The highest BCUT2D eigenvalue weighted by molar-refractivity contribution is 7.80. The molecule has 3 rings (SSSR count). The molecule has 0 aromatic heterocycles. The van der Waals surface area contributed by atoms with Gasteiger partial charge in [0.2, 0.25) is 0 Å². The Kier molecular flexibility index (Phi) is 3.50. The number of rotatable bonds is 3. The Morgan fingerprint density at radius 2 is 2.00 bits per heavy atom. The van der Waals surface area contributed by atoms with E-state index >= 15 is 0 Å². The van der Waals surface area contributed by atoms with Gasteiger partial charge in [-0.25, -0.2) is 0 Å². The molecule has 2 saturated carbocycles. The largest absolute Gasteiger partial charge is 0.362 e. The van der Waals surface area contributed by atoms with Crippen LogP contribution in [0.15, 0.2) is 30.3 Å². The van der Waals surface area contributed by atoms with Gasteiger partial charge < -0.3 is 10.6 Å². The minimum absolute atomic E-state index is 0.754. The Bertz CT molecular complexity index is 418. The van der Waals surface area contributed by atoms with Gasteiger partial charge in [0.1, 0.15) is 0 Å². The highest BCUT2D eigenvalue weighted by atomic mass is 32.1. The number of para-hydroxylation sites is 1. The summed E-state index contributed by atoms with van der Waals surface area (Å²) >= 11 is 5.33. The second-order valence-electron chi connectivity index (χ2n) is 5.64. The van der Waals surface area contributed by atoms with Crippen LogP contribution in [0.25, 0.3) is 0 Å². The topological polar surface area (TPSA) is 24.1 Å². The second kappa shape index (κ2) is 5.27. The molecule has 3 atom stereocenters. The zero-order valence-corrected chi connectivity index (χ0v) is 11.4. The predicted octanol–water partition coefficient (Wildman–Crippen LogP) is 3.41. The summed E-state index contributed by atoms with van der Waals surface area (Å²) in [6.45, 7) is 1.04. The summed E-state index contributed by atoms with van der Waals surface area (Å²) in [7, 11) is 0. The molecular weight excluding hydrogens is 240 g/mol. The SMILES string of the molecule is S=C(NC[C@H]1C[C@@H]2CC[C@@H]1C2)Nc1ccccc1. The van der Waals surface area contributed by atoms with Crippen molar-refractivity contribution in [2.45, 2.75) is 25.7 Å². The molecule has 2 bridgehead atoms. The van der Waals surface area contributed by atoms with Crippen LogP contribution < -0.4 is 10.6 Å². The van der Waals surface area contributed by atoms with Crippen LogP contribution in [-0.4, -0.2) is 11.7 Å². The number of nitrogens with one attached hydrogen (secondary N) is 2. The van der Waals surface area contributed by atoms with Crippen LogP contribution in [0.5, 0.6) is 0 Å². The van der Waals surface area contributed by atoms with Crippen molar-refractivity contribution >= 4 is 23.0 Å². The van der Waals surface area contributed by atoms with Crippen LogP contribution in [-0.2, 0) is 0 Å². The van der Waals surface area contributed by atoms with Crippen molar-refractivity contribution < 1.29 is 0 Å². The van der Waals surface area contributed by atoms with E-state index in [9.17, 15) is 0 Å². The number of fused-ring (bicyclic) bond motifs is 2. The second-order valence-corrected chi connectivity index (χ2v) is 6.04. The zero-order chi connectivity index (χ0) is 12.4. The average Bonchev–Trinajstić information content (AvgIpc) is 3.00. The minimum atomic E-state index is 0.754. The van der Waals surface area contributed by atoms with Crippen LogP contribution in [0.4, 0.5) is 5.69 Å². The molecule has 2 fully saturated rings. The molecule has 0 spiro atoms. The van der Waals surface area contributed by atoms with Gasteiger partial charge in [0.05, 0.1) is 0 Å². The van der Waals surface area contributed by atoms with Crippen LogP contribution >= 0.6 is 12.2 Å².